The van der Waals surface area contributed by atoms with Gasteiger partial charge in [0.25, 0.3) is 0 Å². The van der Waals surface area contributed by atoms with Crippen molar-refractivity contribution in [3.63, 3.8) is 0 Å². The lowest BCUT2D eigenvalue weighted by molar-refractivity contribution is -0.214. The summed E-state index contributed by atoms with van der Waals surface area (Å²) >= 11 is 0. The Labute approximate surface area is 150 Å². The molecule has 0 radical (unpaired) electrons. The molecule has 0 aliphatic carbocycles. The van der Waals surface area contributed by atoms with Crippen LogP contribution in [0, 0.1) is 11.8 Å². The summed E-state index contributed by atoms with van der Waals surface area (Å²) in [6.45, 7) is 15.5. The van der Waals surface area contributed by atoms with Gasteiger partial charge in [0.15, 0.2) is 6.23 Å². The summed E-state index contributed by atoms with van der Waals surface area (Å²) in [7, 11) is -2.63. The average molecular weight is 368 g/mol. The Morgan fingerprint density at radius 2 is 1.72 bits per heavy atom. The van der Waals surface area contributed by atoms with Gasteiger partial charge in [-0.15, -0.1) is 0 Å². The van der Waals surface area contributed by atoms with E-state index in [9.17, 15) is 4.79 Å². The normalized spacial score (nSPS) is 42.5. The number of hydrogen-bond acceptors (Lipinski definition) is 6. The highest BCUT2D eigenvalue weighted by Crippen LogP contribution is 2.57. The van der Waals surface area contributed by atoms with Crippen molar-refractivity contribution in [2.24, 2.45) is 16.8 Å². The van der Waals surface area contributed by atoms with E-state index < -0.39 is 8.56 Å². The molecule has 0 aromatic heterocycles. The van der Waals surface area contributed by atoms with Gasteiger partial charge >= 0.3 is 14.5 Å². The van der Waals surface area contributed by atoms with Crippen LogP contribution in [0.1, 0.15) is 48.5 Å². The van der Waals surface area contributed by atoms with E-state index in [4.69, 9.17) is 18.3 Å². The third kappa shape index (κ3) is 2.25. The third-order valence-electron chi connectivity index (χ3n) is 6.11. The molecule has 25 heavy (non-hydrogen) atoms. The van der Waals surface area contributed by atoms with Gasteiger partial charge < -0.3 is 18.3 Å². The zero-order valence-electron chi connectivity index (χ0n) is 16.2. The molecular weight excluding hydrogens is 338 g/mol. The second-order valence-corrected chi connectivity index (χ2v) is 14.6. The standard InChI is InChI=1S/C18H29NO5Si/c1-9-11-12-14(23-16(11)20)13-10(22-15(12)19-9)8-21-25(24-13,17(2,3)4)18(5,6)7/h10-15H,8H2,1-7H3/t10-,11-,12+,13-,14-,15-/m1/s1. The maximum atomic E-state index is 12.4. The van der Waals surface area contributed by atoms with E-state index >= 15 is 0 Å². The number of rotatable bonds is 0. The minimum absolute atomic E-state index is 0.0570. The molecule has 4 heterocycles. The van der Waals surface area contributed by atoms with E-state index in [1.54, 1.807) is 0 Å². The molecule has 0 amide bonds. The molecule has 4 aliphatic rings. The first-order chi connectivity index (χ1) is 11.5. The van der Waals surface area contributed by atoms with Crippen LogP contribution in [0.5, 0.6) is 0 Å². The van der Waals surface area contributed by atoms with E-state index in [0.717, 1.165) is 5.71 Å². The second-order valence-electron chi connectivity index (χ2n) is 9.80. The fraction of sp³-hybridized carbons (Fsp3) is 0.889. The largest absolute Gasteiger partial charge is 0.459 e. The lowest BCUT2D eigenvalue weighted by Gasteiger charge is -2.56. The second kappa shape index (κ2) is 5.15. The molecule has 0 aromatic carbocycles. The molecule has 6 atom stereocenters. The first-order valence-electron chi connectivity index (χ1n) is 9.18. The number of hydrogen-bond donors (Lipinski definition) is 0. The molecule has 0 unspecified atom stereocenters. The maximum Gasteiger partial charge on any atom is 0.349 e. The molecule has 7 heteroatoms. The third-order valence-corrected chi connectivity index (χ3v) is 11.2. The number of carbonyl (C=O) groups excluding carboxylic acids is 1. The molecule has 3 saturated heterocycles. The van der Waals surface area contributed by atoms with Crippen LogP contribution in [0.2, 0.25) is 10.1 Å². The molecule has 0 aromatic rings. The van der Waals surface area contributed by atoms with E-state index in [1.165, 1.54) is 0 Å². The van der Waals surface area contributed by atoms with Gasteiger partial charge in [0, 0.05) is 15.8 Å². The number of esters is 1. The molecule has 3 fully saturated rings. The van der Waals surface area contributed by atoms with E-state index in [0.29, 0.717) is 6.61 Å². The monoisotopic (exact) mass is 367 g/mol. The molecule has 4 rings (SSSR count). The molecule has 140 valence electrons. The minimum atomic E-state index is -2.63. The fourth-order valence-corrected chi connectivity index (χ4v) is 10.2. The van der Waals surface area contributed by atoms with Crippen LogP contribution in [0.4, 0.5) is 0 Å². The van der Waals surface area contributed by atoms with Crippen molar-refractivity contribution >= 4 is 20.2 Å². The van der Waals surface area contributed by atoms with Gasteiger partial charge in [-0.05, 0) is 6.92 Å². The number of fused-ring (bicyclic) bond motifs is 2. The van der Waals surface area contributed by atoms with E-state index in [1.807, 2.05) is 6.92 Å². The van der Waals surface area contributed by atoms with Crippen molar-refractivity contribution in [1.82, 2.24) is 0 Å². The summed E-state index contributed by atoms with van der Waals surface area (Å²) in [5, 5.41) is -0.228. The summed E-state index contributed by atoms with van der Waals surface area (Å²) < 4.78 is 25.3. The molecule has 0 bridgehead atoms. The average Bonchev–Trinajstić information content (AvgIpc) is 2.98. The van der Waals surface area contributed by atoms with Gasteiger partial charge in [-0.3, -0.25) is 9.79 Å². The molecule has 6 nitrogen and oxygen atoms in total. The van der Waals surface area contributed by atoms with Crippen molar-refractivity contribution < 1.29 is 23.1 Å². The Morgan fingerprint density at radius 1 is 1.08 bits per heavy atom. The van der Waals surface area contributed by atoms with Crippen molar-refractivity contribution in [3.8, 4) is 0 Å². The fourth-order valence-electron chi connectivity index (χ4n) is 5.26. The van der Waals surface area contributed by atoms with Gasteiger partial charge in [0.05, 0.1) is 12.5 Å². The highest BCUT2D eigenvalue weighted by atomic mass is 28.4. The van der Waals surface area contributed by atoms with Crippen LogP contribution in [0.25, 0.3) is 0 Å². The predicted octanol–water partition coefficient (Wildman–Crippen LogP) is 2.80. The summed E-state index contributed by atoms with van der Waals surface area (Å²) in [6.07, 6.45) is -1.11. The Kier molecular flexibility index (Phi) is 3.63. The number of nitrogens with zero attached hydrogens (tertiary/aromatic N) is 1. The number of carbonyl (C=O) groups is 1. The SMILES string of the molecule is CC1=N[C@@H]2O[C@@H]3CO[Si](C(C)(C)C)(C(C)(C)C)O[C@H]3[C@@H]3OC(=O)[C@H]1[C@@H]32. The van der Waals surface area contributed by atoms with Gasteiger partial charge in [0.1, 0.15) is 24.2 Å². The summed E-state index contributed by atoms with van der Waals surface area (Å²) in [5.74, 6) is -0.516. The summed E-state index contributed by atoms with van der Waals surface area (Å²) in [5.41, 5.74) is 0.817. The van der Waals surface area contributed by atoms with Crippen LogP contribution in [-0.4, -0.2) is 51.4 Å². The van der Waals surface area contributed by atoms with Crippen molar-refractivity contribution in [2.45, 2.75) is 83.1 Å². The Balaban J connectivity index is 1.71. The smallest absolute Gasteiger partial charge is 0.349 e. The van der Waals surface area contributed by atoms with Crippen molar-refractivity contribution in [3.05, 3.63) is 0 Å². The van der Waals surface area contributed by atoms with Crippen LogP contribution in [0.15, 0.2) is 4.99 Å². The predicted molar refractivity (Wildman–Crippen MR) is 94.6 cm³/mol. The van der Waals surface area contributed by atoms with Crippen LogP contribution in [0.3, 0.4) is 0 Å². The number of ether oxygens (including phenoxy) is 2. The lowest BCUT2D eigenvalue weighted by atomic mass is 9.83. The first kappa shape index (κ1) is 17.6. The van der Waals surface area contributed by atoms with Gasteiger partial charge in [-0.25, -0.2) is 0 Å². The Bertz CT molecular complexity index is 620. The van der Waals surface area contributed by atoms with Crippen molar-refractivity contribution in [1.29, 1.82) is 0 Å². The highest BCUT2D eigenvalue weighted by Gasteiger charge is 2.68. The molecule has 4 aliphatic heterocycles. The van der Waals surface area contributed by atoms with E-state index in [2.05, 4.69) is 46.5 Å². The van der Waals surface area contributed by atoms with Gasteiger partial charge in [-0.2, -0.15) is 0 Å². The molecule has 0 saturated carbocycles. The maximum absolute atomic E-state index is 12.4. The molecular formula is C18H29NO5Si. The highest BCUT2D eigenvalue weighted by molar-refractivity contribution is 6.73. The first-order valence-corrected chi connectivity index (χ1v) is 11.0. The topological polar surface area (TPSA) is 66.3 Å². The van der Waals surface area contributed by atoms with Gasteiger partial charge in [0.2, 0.25) is 0 Å². The zero-order chi connectivity index (χ0) is 18.4. The lowest BCUT2D eigenvalue weighted by Crippen LogP contribution is -2.69. The molecule has 0 N–H and O–H groups in total. The Morgan fingerprint density at radius 3 is 2.32 bits per heavy atom. The zero-order valence-corrected chi connectivity index (χ0v) is 17.2. The Hall–Kier alpha value is -0.763. The van der Waals surface area contributed by atoms with Crippen LogP contribution >= 0.6 is 0 Å². The van der Waals surface area contributed by atoms with Gasteiger partial charge in [-0.1, -0.05) is 41.5 Å². The number of aliphatic imine (C=N–C) groups is 1. The van der Waals surface area contributed by atoms with Crippen molar-refractivity contribution in [2.75, 3.05) is 6.61 Å². The van der Waals surface area contributed by atoms with E-state index in [-0.39, 0.29) is 52.4 Å². The van der Waals surface area contributed by atoms with Crippen LogP contribution < -0.4 is 0 Å². The minimum Gasteiger partial charge on any atom is -0.459 e. The molecule has 0 spiro atoms. The summed E-state index contributed by atoms with van der Waals surface area (Å²) in [4.78, 5) is 17.0. The van der Waals surface area contributed by atoms with Crippen LogP contribution in [-0.2, 0) is 23.1 Å². The summed E-state index contributed by atoms with van der Waals surface area (Å²) in [6, 6.07) is 0. The quantitative estimate of drug-likeness (QED) is 0.486.